The van der Waals surface area contributed by atoms with Crippen molar-refractivity contribution in [3.8, 4) is 0 Å². The highest BCUT2D eigenvalue weighted by atomic mass is 32.2. The van der Waals surface area contributed by atoms with Crippen LogP contribution in [0.1, 0.15) is 29.4 Å². The van der Waals surface area contributed by atoms with Crippen LogP contribution in [0.2, 0.25) is 0 Å². The van der Waals surface area contributed by atoms with Crippen LogP contribution in [-0.4, -0.2) is 43.5 Å². The molecular formula is C14H23N3O2S2. The Bertz CT molecular complexity index is 497. The smallest absolute Gasteiger partial charge is 0.263 e. The molecule has 118 valence electrons. The molecular weight excluding hydrogens is 306 g/mol. The molecule has 0 aromatic carbocycles. The van der Waals surface area contributed by atoms with E-state index in [-0.39, 0.29) is 12.5 Å². The van der Waals surface area contributed by atoms with Crippen LogP contribution < -0.4 is 16.0 Å². The standard InChI is InChI=1S/C14H23N3O2S2/c1-3-16-13(19)11-10(15)12(20-2)14(21-11)17-6-4-9(8-18)5-7-17/h9,18H,3-8,15H2,1-2H3,(H,16,19). The van der Waals surface area contributed by atoms with E-state index in [1.54, 1.807) is 11.8 Å². The van der Waals surface area contributed by atoms with Crippen LogP contribution in [0.15, 0.2) is 4.90 Å². The summed E-state index contributed by atoms with van der Waals surface area (Å²) in [5.74, 6) is 0.311. The number of nitrogen functional groups attached to an aromatic ring is 1. The monoisotopic (exact) mass is 329 g/mol. The zero-order chi connectivity index (χ0) is 15.4. The third-order valence-electron chi connectivity index (χ3n) is 3.79. The lowest BCUT2D eigenvalue weighted by Crippen LogP contribution is -2.34. The van der Waals surface area contributed by atoms with Crippen LogP contribution in [0.3, 0.4) is 0 Å². The van der Waals surface area contributed by atoms with Gasteiger partial charge in [0.05, 0.1) is 10.6 Å². The molecule has 0 unspecified atom stereocenters. The number of carbonyl (C=O) groups excluding carboxylic acids is 1. The molecule has 0 spiro atoms. The lowest BCUT2D eigenvalue weighted by molar-refractivity contribution is 0.0960. The fraction of sp³-hybridized carbons (Fsp3) is 0.643. The Morgan fingerprint density at radius 3 is 2.71 bits per heavy atom. The first-order chi connectivity index (χ1) is 10.1. The summed E-state index contributed by atoms with van der Waals surface area (Å²) in [5, 5.41) is 13.1. The number of hydrogen-bond acceptors (Lipinski definition) is 6. The number of nitrogens with one attached hydrogen (secondary N) is 1. The lowest BCUT2D eigenvalue weighted by Gasteiger charge is -2.32. The summed E-state index contributed by atoms with van der Waals surface area (Å²) in [6.45, 7) is 4.58. The highest BCUT2D eigenvalue weighted by Gasteiger charge is 2.26. The number of aliphatic hydroxyl groups excluding tert-OH is 1. The largest absolute Gasteiger partial charge is 0.396 e. The lowest BCUT2D eigenvalue weighted by atomic mass is 9.98. The van der Waals surface area contributed by atoms with Gasteiger partial charge in [-0.15, -0.1) is 23.1 Å². The Kier molecular flexibility index (Phi) is 5.78. The van der Waals surface area contributed by atoms with Crippen molar-refractivity contribution < 1.29 is 9.90 Å². The van der Waals surface area contributed by atoms with E-state index in [9.17, 15) is 9.90 Å². The molecule has 0 atom stereocenters. The van der Waals surface area contributed by atoms with Gasteiger partial charge < -0.3 is 21.1 Å². The van der Waals surface area contributed by atoms with Crippen molar-refractivity contribution >= 4 is 39.7 Å². The predicted octanol–water partition coefficient (Wildman–Crippen LogP) is 2.01. The quantitative estimate of drug-likeness (QED) is 0.720. The zero-order valence-corrected chi connectivity index (χ0v) is 14.1. The summed E-state index contributed by atoms with van der Waals surface area (Å²) < 4.78 is 0. The highest BCUT2D eigenvalue weighted by molar-refractivity contribution is 7.99. The van der Waals surface area contributed by atoms with Crippen LogP contribution in [0.25, 0.3) is 0 Å². The number of hydrogen-bond donors (Lipinski definition) is 3. The van der Waals surface area contributed by atoms with Gasteiger partial charge in [0, 0.05) is 26.2 Å². The SMILES string of the molecule is CCNC(=O)c1sc(N2CCC(CO)CC2)c(SC)c1N. The number of carbonyl (C=O) groups is 1. The summed E-state index contributed by atoms with van der Waals surface area (Å²) in [4.78, 5) is 16.0. The Morgan fingerprint density at radius 2 is 2.19 bits per heavy atom. The van der Waals surface area contributed by atoms with Gasteiger partial charge in [-0.1, -0.05) is 0 Å². The molecule has 1 saturated heterocycles. The van der Waals surface area contributed by atoms with E-state index in [4.69, 9.17) is 5.73 Å². The molecule has 2 heterocycles. The van der Waals surface area contributed by atoms with E-state index in [1.807, 2.05) is 13.2 Å². The molecule has 2 rings (SSSR count). The van der Waals surface area contributed by atoms with E-state index in [1.165, 1.54) is 11.3 Å². The number of piperidine rings is 1. The molecule has 0 radical (unpaired) electrons. The molecule has 1 aromatic rings. The van der Waals surface area contributed by atoms with Gasteiger partial charge in [-0.2, -0.15) is 0 Å². The fourth-order valence-corrected chi connectivity index (χ4v) is 4.70. The zero-order valence-electron chi connectivity index (χ0n) is 12.5. The van der Waals surface area contributed by atoms with Crippen molar-refractivity contribution in [3.63, 3.8) is 0 Å². The summed E-state index contributed by atoms with van der Waals surface area (Å²) in [6.07, 6.45) is 3.96. The molecule has 21 heavy (non-hydrogen) atoms. The molecule has 7 heteroatoms. The first kappa shape index (κ1) is 16.5. The molecule has 0 aliphatic carbocycles. The molecule has 1 aromatic heterocycles. The van der Waals surface area contributed by atoms with Gasteiger partial charge in [0.2, 0.25) is 0 Å². The molecule has 1 aliphatic heterocycles. The van der Waals surface area contributed by atoms with Crippen LogP contribution in [0, 0.1) is 5.92 Å². The first-order valence-electron chi connectivity index (χ1n) is 7.22. The fourth-order valence-electron chi connectivity index (χ4n) is 2.55. The van der Waals surface area contributed by atoms with E-state index in [0.29, 0.717) is 23.0 Å². The molecule has 1 aliphatic rings. The third-order valence-corrected chi connectivity index (χ3v) is 6.01. The van der Waals surface area contributed by atoms with Gasteiger partial charge in [-0.25, -0.2) is 0 Å². The maximum atomic E-state index is 12.1. The third kappa shape index (κ3) is 3.46. The number of nitrogens with zero attached hydrogens (tertiary/aromatic N) is 1. The molecule has 4 N–H and O–H groups in total. The number of thiophene rings is 1. The van der Waals surface area contributed by atoms with Gasteiger partial charge in [0.1, 0.15) is 9.88 Å². The molecule has 1 amide bonds. The van der Waals surface area contributed by atoms with E-state index in [0.717, 1.165) is 35.8 Å². The predicted molar refractivity (Wildman–Crippen MR) is 90.5 cm³/mol. The van der Waals surface area contributed by atoms with Crippen molar-refractivity contribution in [1.82, 2.24) is 5.32 Å². The second-order valence-corrected chi connectivity index (χ2v) is 6.97. The van der Waals surface area contributed by atoms with Crippen LogP contribution >= 0.6 is 23.1 Å². The van der Waals surface area contributed by atoms with Crippen molar-refractivity contribution in [3.05, 3.63) is 4.88 Å². The van der Waals surface area contributed by atoms with Crippen LogP contribution in [-0.2, 0) is 0 Å². The second-order valence-electron chi connectivity index (χ2n) is 5.16. The molecule has 0 saturated carbocycles. The second kappa shape index (κ2) is 7.38. The summed E-state index contributed by atoms with van der Waals surface area (Å²) in [5.41, 5.74) is 6.76. The summed E-state index contributed by atoms with van der Waals surface area (Å²) in [7, 11) is 0. The maximum Gasteiger partial charge on any atom is 0.263 e. The molecule has 5 nitrogen and oxygen atoms in total. The Labute approximate surface area is 133 Å². The Balaban J connectivity index is 2.23. The first-order valence-corrected chi connectivity index (χ1v) is 9.26. The summed E-state index contributed by atoms with van der Waals surface area (Å²) in [6, 6.07) is 0. The minimum Gasteiger partial charge on any atom is -0.396 e. The Morgan fingerprint density at radius 1 is 1.52 bits per heavy atom. The van der Waals surface area contributed by atoms with Gasteiger partial charge in [-0.3, -0.25) is 4.79 Å². The van der Waals surface area contributed by atoms with E-state index < -0.39 is 0 Å². The van der Waals surface area contributed by atoms with E-state index >= 15 is 0 Å². The normalized spacial score (nSPS) is 16.2. The van der Waals surface area contributed by atoms with E-state index in [2.05, 4.69) is 10.2 Å². The van der Waals surface area contributed by atoms with Gasteiger partial charge in [0.15, 0.2) is 0 Å². The van der Waals surface area contributed by atoms with Crippen LogP contribution in [0.5, 0.6) is 0 Å². The van der Waals surface area contributed by atoms with Gasteiger partial charge >= 0.3 is 0 Å². The molecule has 1 fully saturated rings. The van der Waals surface area contributed by atoms with Gasteiger partial charge in [-0.05, 0) is 31.9 Å². The number of aliphatic hydroxyl groups is 1. The van der Waals surface area contributed by atoms with Crippen molar-refractivity contribution in [2.24, 2.45) is 5.92 Å². The summed E-state index contributed by atoms with van der Waals surface area (Å²) >= 11 is 3.07. The highest BCUT2D eigenvalue weighted by Crippen LogP contribution is 2.44. The average Bonchev–Trinajstić information content (AvgIpc) is 2.84. The number of nitrogens with two attached hydrogens (primary N) is 1. The molecule has 0 bridgehead atoms. The average molecular weight is 329 g/mol. The van der Waals surface area contributed by atoms with Crippen molar-refractivity contribution in [2.45, 2.75) is 24.7 Å². The van der Waals surface area contributed by atoms with Gasteiger partial charge in [0.25, 0.3) is 5.91 Å². The topological polar surface area (TPSA) is 78.6 Å². The number of anilines is 2. The maximum absolute atomic E-state index is 12.1. The number of amides is 1. The minimum atomic E-state index is -0.0909. The number of rotatable bonds is 5. The van der Waals surface area contributed by atoms with Crippen molar-refractivity contribution in [2.75, 3.05) is 43.1 Å². The van der Waals surface area contributed by atoms with Crippen molar-refractivity contribution in [1.29, 1.82) is 0 Å². The number of thioether (sulfide) groups is 1. The Hall–Kier alpha value is -0.920. The minimum absolute atomic E-state index is 0.0909. The van der Waals surface area contributed by atoms with Crippen LogP contribution in [0.4, 0.5) is 10.7 Å².